The van der Waals surface area contributed by atoms with E-state index < -0.39 is 11.9 Å². The molecule has 0 aromatic carbocycles. The third-order valence-corrected chi connectivity index (χ3v) is 4.01. The largest absolute Gasteiger partial charge is 0.432 e. The number of hydrogen-bond donors (Lipinski definition) is 0. The van der Waals surface area contributed by atoms with Gasteiger partial charge in [-0.25, -0.2) is 4.98 Å². The van der Waals surface area contributed by atoms with E-state index in [0.29, 0.717) is 5.56 Å². The predicted molar refractivity (Wildman–Crippen MR) is 81.7 cm³/mol. The average Bonchev–Trinajstić information content (AvgIpc) is 2.77. The normalized spacial score (nSPS) is 11.5. The Labute approximate surface area is 143 Å². The first kappa shape index (κ1) is 17.8. The van der Waals surface area contributed by atoms with Gasteiger partial charge in [0.1, 0.15) is 23.6 Å². The molecule has 0 saturated heterocycles. The first-order valence-corrected chi connectivity index (χ1v) is 7.57. The number of ether oxygens (including phenoxy) is 1. The molecule has 122 valence electrons. The summed E-state index contributed by atoms with van der Waals surface area (Å²) in [5, 5.41) is 9.50. The van der Waals surface area contributed by atoms with Crippen LogP contribution in [0.5, 0.6) is 0 Å². The van der Waals surface area contributed by atoms with E-state index >= 15 is 0 Å². The molecule has 9 heteroatoms. The quantitative estimate of drug-likeness (QED) is 0.680. The van der Waals surface area contributed by atoms with Crippen LogP contribution in [0.3, 0.4) is 0 Å². The smallest absolute Gasteiger partial charge is 0.361 e. The highest BCUT2D eigenvalue weighted by atomic mass is 79.9. The lowest BCUT2D eigenvalue weighted by atomic mass is 10.1. The summed E-state index contributed by atoms with van der Waals surface area (Å²) in [6, 6.07) is 4.74. The molecule has 0 saturated carbocycles. The summed E-state index contributed by atoms with van der Waals surface area (Å²) >= 11 is 8.60. The van der Waals surface area contributed by atoms with E-state index in [1.54, 1.807) is 13.0 Å². The number of hydrogen-bond acceptors (Lipinski definition) is 3. The third-order valence-electron chi connectivity index (χ3n) is 3.01. The summed E-state index contributed by atoms with van der Waals surface area (Å²) < 4.78 is 45.9. The Hall–Kier alpha value is -1.56. The number of pyridine rings is 1. The zero-order chi connectivity index (χ0) is 17.2. The van der Waals surface area contributed by atoms with Crippen LogP contribution >= 0.6 is 27.5 Å². The van der Waals surface area contributed by atoms with E-state index in [1.165, 1.54) is 18.3 Å². The number of halogens is 5. The van der Waals surface area contributed by atoms with Crippen molar-refractivity contribution in [2.24, 2.45) is 0 Å². The summed E-state index contributed by atoms with van der Waals surface area (Å²) in [6.07, 6.45) is -3.34. The van der Waals surface area contributed by atoms with Crippen LogP contribution in [-0.4, -0.2) is 16.2 Å². The molecule has 0 fully saturated rings. The summed E-state index contributed by atoms with van der Waals surface area (Å²) in [4.78, 5) is 3.86. The van der Waals surface area contributed by atoms with E-state index in [2.05, 4.69) is 20.9 Å². The SMILES string of the molecule is CCOCn1c(-c2ccc(Cl)nc2)c(C#N)c(Br)c1C(F)(F)F. The van der Waals surface area contributed by atoms with Crippen molar-refractivity contribution in [1.29, 1.82) is 5.26 Å². The fourth-order valence-electron chi connectivity index (χ4n) is 2.09. The van der Waals surface area contributed by atoms with Crippen LogP contribution in [0.15, 0.2) is 22.8 Å². The molecule has 0 bridgehead atoms. The molecule has 23 heavy (non-hydrogen) atoms. The summed E-state index contributed by atoms with van der Waals surface area (Å²) in [5.74, 6) is 0. The monoisotopic (exact) mass is 407 g/mol. The molecule has 0 aliphatic rings. The van der Waals surface area contributed by atoms with Crippen LogP contribution in [0.1, 0.15) is 18.2 Å². The molecular weight excluding hydrogens is 399 g/mol. The van der Waals surface area contributed by atoms with E-state index in [-0.39, 0.29) is 34.2 Å². The van der Waals surface area contributed by atoms with Gasteiger partial charge in [0.05, 0.1) is 15.7 Å². The lowest BCUT2D eigenvalue weighted by molar-refractivity contribution is -0.146. The van der Waals surface area contributed by atoms with Gasteiger partial charge < -0.3 is 9.30 Å². The summed E-state index contributed by atoms with van der Waals surface area (Å²) in [5.41, 5.74) is -0.709. The number of nitriles is 1. The van der Waals surface area contributed by atoms with Crippen molar-refractivity contribution in [3.8, 4) is 17.3 Å². The molecule has 0 aliphatic heterocycles. The number of rotatable bonds is 4. The van der Waals surface area contributed by atoms with Gasteiger partial charge in [-0.05, 0) is 35.0 Å². The Morgan fingerprint density at radius 3 is 2.61 bits per heavy atom. The van der Waals surface area contributed by atoms with Crippen molar-refractivity contribution in [3.05, 3.63) is 39.2 Å². The fraction of sp³-hybridized carbons (Fsp3) is 0.286. The molecule has 0 unspecified atom stereocenters. The van der Waals surface area contributed by atoms with Crippen LogP contribution in [-0.2, 0) is 17.6 Å². The second kappa shape index (κ2) is 6.91. The highest BCUT2D eigenvalue weighted by Gasteiger charge is 2.40. The predicted octanol–water partition coefficient (Wildman–Crippen LogP) is 4.85. The molecule has 4 nitrogen and oxygen atoms in total. The van der Waals surface area contributed by atoms with Crippen LogP contribution in [0, 0.1) is 11.3 Å². The van der Waals surface area contributed by atoms with Gasteiger partial charge in [0.15, 0.2) is 0 Å². The lowest BCUT2D eigenvalue weighted by Crippen LogP contribution is -2.16. The maximum absolute atomic E-state index is 13.4. The number of aromatic nitrogens is 2. The van der Waals surface area contributed by atoms with Gasteiger partial charge in [-0.1, -0.05) is 11.6 Å². The molecule has 0 aliphatic carbocycles. The highest BCUT2D eigenvalue weighted by molar-refractivity contribution is 9.10. The topological polar surface area (TPSA) is 50.8 Å². The standard InChI is InChI=1S/C14H10BrClF3N3O/c1-2-23-7-22-12(8-3-4-10(16)21-6-8)9(5-20)11(15)13(22)14(17,18)19/h3-4,6H,2,7H2,1H3. The molecular formula is C14H10BrClF3N3O. The molecule has 2 heterocycles. The van der Waals surface area contributed by atoms with Gasteiger partial charge in [0.25, 0.3) is 0 Å². The Morgan fingerprint density at radius 1 is 1.43 bits per heavy atom. The molecule has 0 spiro atoms. The molecule has 0 N–H and O–H groups in total. The van der Waals surface area contributed by atoms with Crippen molar-refractivity contribution in [2.45, 2.75) is 19.8 Å². The van der Waals surface area contributed by atoms with Gasteiger partial charge >= 0.3 is 6.18 Å². The van der Waals surface area contributed by atoms with Crippen LogP contribution < -0.4 is 0 Å². The minimum atomic E-state index is -4.65. The Balaban J connectivity index is 2.77. The van der Waals surface area contributed by atoms with Crippen LogP contribution in [0.25, 0.3) is 11.3 Å². The van der Waals surface area contributed by atoms with E-state index in [1.807, 2.05) is 0 Å². The molecule has 2 aromatic rings. The van der Waals surface area contributed by atoms with Crippen LogP contribution in [0.4, 0.5) is 13.2 Å². The van der Waals surface area contributed by atoms with Crippen molar-refractivity contribution < 1.29 is 17.9 Å². The summed E-state index contributed by atoms with van der Waals surface area (Å²) in [7, 11) is 0. The molecule has 0 atom stereocenters. The van der Waals surface area contributed by atoms with Crippen molar-refractivity contribution in [3.63, 3.8) is 0 Å². The minimum Gasteiger partial charge on any atom is -0.361 e. The Kier molecular flexibility index (Phi) is 5.34. The lowest BCUT2D eigenvalue weighted by Gasteiger charge is -2.15. The zero-order valence-electron chi connectivity index (χ0n) is 11.8. The minimum absolute atomic E-state index is 0.0734. The van der Waals surface area contributed by atoms with Crippen molar-refractivity contribution >= 4 is 27.5 Å². The molecule has 2 rings (SSSR count). The average molecular weight is 409 g/mol. The first-order valence-electron chi connectivity index (χ1n) is 6.40. The summed E-state index contributed by atoms with van der Waals surface area (Å²) in [6.45, 7) is 1.55. The number of alkyl halides is 3. The first-order chi connectivity index (χ1) is 10.8. The highest BCUT2D eigenvalue weighted by Crippen LogP contribution is 2.43. The molecule has 0 radical (unpaired) electrons. The second-order valence-electron chi connectivity index (χ2n) is 4.42. The van der Waals surface area contributed by atoms with Crippen molar-refractivity contribution in [2.75, 3.05) is 6.61 Å². The van der Waals surface area contributed by atoms with E-state index in [9.17, 15) is 18.4 Å². The van der Waals surface area contributed by atoms with Crippen molar-refractivity contribution in [1.82, 2.24) is 9.55 Å². The maximum atomic E-state index is 13.4. The van der Waals surface area contributed by atoms with Gasteiger partial charge in [0, 0.05) is 18.4 Å². The van der Waals surface area contributed by atoms with Gasteiger partial charge in [-0.15, -0.1) is 0 Å². The number of nitrogens with zero attached hydrogens (tertiary/aromatic N) is 3. The van der Waals surface area contributed by atoms with Gasteiger partial charge in [-0.2, -0.15) is 18.4 Å². The van der Waals surface area contributed by atoms with E-state index in [4.69, 9.17) is 16.3 Å². The van der Waals surface area contributed by atoms with E-state index in [0.717, 1.165) is 4.57 Å². The molecule has 2 aromatic heterocycles. The molecule has 0 amide bonds. The Morgan fingerprint density at radius 2 is 2.13 bits per heavy atom. The third kappa shape index (κ3) is 3.52. The Bertz CT molecular complexity index is 751. The maximum Gasteiger partial charge on any atom is 0.432 e. The second-order valence-corrected chi connectivity index (χ2v) is 5.60. The fourth-order valence-corrected chi connectivity index (χ4v) is 2.92. The van der Waals surface area contributed by atoms with Gasteiger partial charge in [0.2, 0.25) is 0 Å². The van der Waals surface area contributed by atoms with Crippen LogP contribution in [0.2, 0.25) is 5.15 Å². The zero-order valence-corrected chi connectivity index (χ0v) is 14.1. The van der Waals surface area contributed by atoms with Gasteiger partial charge in [-0.3, -0.25) is 0 Å².